The maximum atomic E-state index is 12.2. The topological polar surface area (TPSA) is 63.5 Å². The van der Waals surface area contributed by atoms with Crippen molar-refractivity contribution in [3.8, 4) is 0 Å². The molecule has 0 fully saturated rings. The monoisotopic (exact) mass is 392 g/mol. The van der Waals surface area contributed by atoms with E-state index in [1.54, 1.807) is 18.0 Å². The molecule has 5 nitrogen and oxygen atoms in total. The van der Waals surface area contributed by atoms with Gasteiger partial charge in [-0.1, -0.05) is 38.8 Å². The van der Waals surface area contributed by atoms with Crippen molar-refractivity contribution in [2.24, 2.45) is 0 Å². The van der Waals surface area contributed by atoms with Gasteiger partial charge >= 0.3 is 0 Å². The third-order valence-corrected chi connectivity index (χ3v) is 3.46. The summed E-state index contributed by atoms with van der Waals surface area (Å²) in [7, 11) is 1.68. The Hall–Kier alpha value is -0.950. The number of carbonyl (C=O) groups excluding carboxylic acids is 1. The van der Waals surface area contributed by atoms with Crippen molar-refractivity contribution in [2.45, 2.75) is 18.2 Å². The fraction of sp³-hybridized carbons (Fsp3) is 0.417. The molecule has 0 saturated carbocycles. The van der Waals surface area contributed by atoms with Crippen LogP contribution in [0.2, 0.25) is 0 Å². The highest BCUT2D eigenvalue weighted by Gasteiger charge is 2.17. The average molecular weight is 394 g/mol. The maximum absolute atomic E-state index is 12.2. The quantitative estimate of drug-likeness (QED) is 0.436. The van der Waals surface area contributed by atoms with Gasteiger partial charge in [-0.3, -0.25) is 14.9 Å². The van der Waals surface area contributed by atoms with Crippen LogP contribution in [0.5, 0.6) is 0 Å². The van der Waals surface area contributed by atoms with Crippen LogP contribution in [0.4, 0.5) is 5.69 Å². The maximum Gasteiger partial charge on any atom is 0.271 e. The summed E-state index contributed by atoms with van der Waals surface area (Å²) in [6, 6.07) is 4.25. The van der Waals surface area contributed by atoms with E-state index in [1.807, 2.05) is 6.92 Å². The van der Waals surface area contributed by atoms with E-state index in [0.29, 0.717) is 21.4 Å². The number of halogens is 2. The van der Waals surface area contributed by atoms with E-state index < -0.39 is 4.92 Å². The Balaban J connectivity index is 2.90. The molecule has 1 aromatic rings. The van der Waals surface area contributed by atoms with E-state index in [9.17, 15) is 14.9 Å². The van der Waals surface area contributed by atoms with E-state index in [2.05, 4.69) is 31.9 Å². The zero-order valence-electron chi connectivity index (χ0n) is 10.6. The molecule has 1 amide bonds. The Kier molecular flexibility index (Phi) is 5.93. The second-order valence-corrected chi connectivity index (χ2v) is 6.73. The van der Waals surface area contributed by atoms with Gasteiger partial charge in [0.25, 0.3) is 11.6 Å². The second kappa shape index (κ2) is 7.00. The van der Waals surface area contributed by atoms with Crippen LogP contribution in [0.25, 0.3) is 0 Å². The van der Waals surface area contributed by atoms with Gasteiger partial charge in [-0.15, -0.1) is 0 Å². The van der Waals surface area contributed by atoms with Crippen LogP contribution in [-0.4, -0.2) is 34.2 Å². The molecule has 0 N–H and O–H groups in total. The molecule has 1 unspecified atom stereocenters. The Labute approximate surface area is 128 Å². The molecule has 1 aromatic carbocycles. The standard InChI is InChI=1S/C12H14Br2N2O3/c1-8(13)3-4-15(2)12(17)9-5-10(14)7-11(6-9)16(18)19/h5-8H,3-4H2,1-2H3. The minimum absolute atomic E-state index is 0.0972. The third-order valence-electron chi connectivity index (χ3n) is 2.55. The summed E-state index contributed by atoms with van der Waals surface area (Å²) in [6.07, 6.45) is 0.818. The first-order chi connectivity index (χ1) is 8.81. The molecule has 1 atom stereocenters. The molecule has 0 radical (unpaired) electrons. The van der Waals surface area contributed by atoms with Crippen LogP contribution in [0, 0.1) is 10.1 Å². The van der Waals surface area contributed by atoms with Crippen LogP contribution < -0.4 is 0 Å². The van der Waals surface area contributed by atoms with Crippen molar-refractivity contribution in [3.05, 3.63) is 38.3 Å². The molecule has 0 aliphatic rings. The molecule has 0 aliphatic heterocycles. The van der Waals surface area contributed by atoms with Crippen molar-refractivity contribution in [2.75, 3.05) is 13.6 Å². The summed E-state index contributed by atoms with van der Waals surface area (Å²) in [4.78, 5) is 24.3. The first-order valence-corrected chi connectivity index (χ1v) is 7.36. The number of non-ortho nitro benzene ring substituents is 1. The van der Waals surface area contributed by atoms with Gasteiger partial charge in [-0.25, -0.2) is 0 Å². The normalized spacial score (nSPS) is 12.0. The minimum Gasteiger partial charge on any atom is -0.342 e. The molecule has 1 rings (SSSR count). The summed E-state index contributed by atoms with van der Waals surface area (Å²) >= 11 is 6.59. The summed E-state index contributed by atoms with van der Waals surface area (Å²) in [5.74, 6) is -0.224. The number of amides is 1. The van der Waals surface area contributed by atoms with E-state index in [1.165, 1.54) is 12.1 Å². The Morgan fingerprint density at radius 3 is 2.63 bits per heavy atom. The van der Waals surface area contributed by atoms with Crippen molar-refractivity contribution < 1.29 is 9.72 Å². The van der Waals surface area contributed by atoms with Gasteiger partial charge in [0.1, 0.15) is 0 Å². The first kappa shape index (κ1) is 16.1. The Morgan fingerprint density at radius 2 is 2.11 bits per heavy atom. The smallest absolute Gasteiger partial charge is 0.271 e. The number of rotatable bonds is 5. The predicted octanol–water partition coefficient (Wildman–Crippen LogP) is 3.60. The van der Waals surface area contributed by atoms with Crippen molar-refractivity contribution in [3.63, 3.8) is 0 Å². The van der Waals surface area contributed by atoms with Crippen LogP contribution in [0.15, 0.2) is 22.7 Å². The third kappa shape index (κ3) is 4.91. The van der Waals surface area contributed by atoms with Crippen LogP contribution >= 0.6 is 31.9 Å². The Morgan fingerprint density at radius 1 is 1.47 bits per heavy atom. The number of hydrogen-bond acceptors (Lipinski definition) is 3. The molecule has 0 aliphatic carbocycles. The largest absolute Gasteiger partial charge is 0.342 e. The lowest BCUT2D eigenvalue weighted by atomic mass is 10.1. The zero-order chi connectivity index (χ0) is 14.6. The highest BCUT2D eigenvalue weighted by molar-refractivity contribution is 9.10. The van der Waals surface area contributed by atoms with Crippen molar-refractivity contribution in [1.82, 2.24) is 4.90 Å². The number of benzene rings is 1. The fourth-order valence-electron chi connectivity index (χ4n) is 1.50. The van der Waals surface area contributed by atoms with E-state index in [4.69, 9.17) is 0 Å². The minimum atomic E-state index is -0.512. The molecule has 0 bridgehead atoms. The number of nitro groups is 1. The second-order valence-electron chi connectivity index (χ2n) is 4.25. The summed E-state index contributed by atoms with van der Waals surface area (Å²) in [5.41, 5.74) is 0.214. The van der Waals surface area contributed by atoms with Gasteiger partial charge in [0.2, 0.25) is 0 Å². The molecule has 19 heavy (non-hydrogen) atoms. The lowest BCUT2D eigenvalue weighted by Gasteiger charge is -2.18. The molecule has 0 heterocycles. The first-order valence-electron chi connectivity index (χ1n) is 5.65. The predicted molar refractivity (Wildman–Crippen MR) is 80.8 cm³/mol. The average Bonchev–Trinajstić information content (AvgIpc) is 2.34. The number of carbonyl (C=O) groups is 1. The van der Waals surface area contributed by atoms with Gasteiger partial charge in [0, 0.05) is 40.6 Å². The molecule has 7 heteroatoms. The summed E-state index contributed by atoms with van der Waals surface area (Å²) < 4.78 is 0.521. The van der Waals surface area contributed by atoms with Crippen molar-refractivity contribution in [1.29, 1.82) is 0 Å². The highest BCUT2D eigenvalue weighted by atomic mass is 79.9. The van der Waals surface area contributed by atoms with Crippen LogP contribution in [-0.2, 0) is 0 Å². The van der Waals surface area contributed by atoms with Gasteiger partial charge in [0.05, 0.1) is 4.92 Å². The van der Waals surface area contributed by atoms with E-state index in [-0.39, 0.29) is 11.6 Å². The number of hydrogen-bond donors (Lipinski definition) is 0. The van der Waals surface area contributed by atoms with E-state index in [0.717, 1.165) is 6.42 Å². The molecular formula is C12H14Br2N2O3. The lowest BCUT2D eigenvalue weighted by Crippen LogP contribution is -2.28. The summed E-state index contributed by atoms with van der Waals surface area (Å²) in [6.45, 7) is 2.59. The molecule has 104 valence electrons. The molecular weight excluding hydrogens is 380 g/mol. The van der Waals surface area contributed by atoms with Gasteiger partial charge in [-0.2, -0.15) is 0 Å². The SMILES string of the molecule is CC(Br)CCN(C)C(=O)c1cc(Br)cc([N+](=O)[O-])c1. The van der Waals surface area contributed by atoms with Gasteiger partial charge < -0.3 is 4.90 Å². The van der Waals surface area contributed by atoms with Crippen LogP contribution in [0.3, 0.4) is 0 Å². The number of nitro benzene ring substituents is 1. The molecule has 0 aromatic heterocycles. The highest BCUT2D eigenvalue weighted by Crippen LogP contribution is 2.22. The van der Waals surface area contributed by atoms with Gasteiger partial charge in [-0.05, 0) is 12.5 Å². The van der Waals surface area contributed by atoms with Crippen molar-refractivity contribution >= 4 is 43.5 Å². The zero-order valence-corrected chi connectivity index (χ0v) is 13.8. The molecule has 0 spiro atoms. The lowest BCUT2D eigenvalue weighted by molar-refractivity contribution is -0.385. The summed E-state index contributed by atoms with van der Waals surface area (Å²) in [5, 5.41) is 10.8. The van der Waals surface area contributed by atoms with Crippen LogP contribution in [0.1, 0.15) is 23.7 Å². The number of alkyl halides is 1. The molecule has 0 saturated heterocycles. The fourth-order valence-corrected chi connectivity index (χ4v) is 2.18. The van der Waals surface area contributed by atoms with Gasteiger partial charge in [0.15, 0.2) is 0 Å². The van der Waals surface area contributed by atoms with E-state index >= 15 is 0 Å². The number of nitrogens with zero attached hydrogens (tertiary/aromatic N) is 2. The Bertz CT molecular complexity index is 492.